The third-order valence-corrected chi connectivity index (χ3v) is 5.14. The van der Waals surface area contributed by atoms with E-state index < -0.39 is 5.41 Å². The molecule has 0 aliphatic heterocycles. The molecule has 0 aromatic rings. The van der Waals surface area contributed by atoms with Crippen LogP contribution >= 0.6 is 0 Å². The van der Waals surface area contributed by atoms with Gasteiger partial charge in [-0.25, -0.2) is 0 Å². The summed E-state index contributed by atoms with van der Waals surface area (Å²) in [6.07, 6.45) is 9.67. The van der Waals surface area contributed by atoms with Crippen molar-refractivity contribution in [3.8, 4) is 6.07 Å². The van der Waals surface area contributed by atoms with Crippen LogP contribution in [0.2, 0.25) is 0 Å². The Kier molecular flexibility index (Phi) is 3.94. The molecule has 0 radical (unpaired) electrons. The minimum absolute atomic E-state index is 0.0118. The van der Waals surface area contributed by atoms with E-state index in [1.54, 1.807) is 0 Å². The van der Waals surface area contributed by atoms with Gasteiger partial charge in [-0.05, 0) is 37.5 Å². The van der Waals surface area contributed by atoms with Gasteiger partial charge in [-0.2, -0.15) is 5.26 Å². The van der Waals surface area contributed by atoms with Crippen molar-refractivity contribution in [3.05, 3.63) is 0 Å². The summed E-state index contributed by atoms with van der Waals surface area (Å²) in [7, 11) is 0. The molecule has 3 heteroatoms. The first-order valence-electron chi connectivity index (χ1n) is 7.36. The highest BCUT2D eigenvalue weighted by atomic mass is 16.2. The first-order valence-corrected chi connectivity index (χ1v) is 7.36. The van der Waals surface area contributed by atoms with Crippen LogP contribution in [0.4, 0.5) is 0 Å². The van der Waals surface area contributed by atoms with E-state index in [4.69, 9.17) is 0 Å². The van der Waals surface area contributed by atoms with Crippen molar-refractivity contribution in [1.82, 2.24) is 5.32 Å². The second-order valence-electron chi connectivity index (χ2n) is 6.14. The summed E-state index contributed by atoms with van der Waals surface area (Å²) in [4.78, 5) is 12.3. The van der Waals surface area contributed by atoms with Gasteiger partial charge in [0.2, 0.25) is 5.91 Å². The van der Waals surface area contributed by atoms with Crippen LogP contribution in [-0.4, -0.2) is 12.5 Å². The lowest BCUT2D eigenvalue weighted by Gasteiger charge is -2.29. The van der Waals surface area contributed by atoms with Crippen LogP contribution < -0.4 is 5.32 Å². The van der Waals surface area contributed by atoms with E-state index in [9.17, 15) is 10.1 Å². The molecule has 0 heterocycles. The molecule has 2 aliphatic carbocycles. The van der Waals surface area contributed by atoms with E-state index in [1.165, 1.54) is 25.7 Å². The van der Waals surface area contributed by atoms with Gasteiger partial charge in [0.1, 0.15) is 5.41 Å². The largest absolute Gasteiger partial charge is 0.354 e. The van der Waals surface area contributed by atoms with Crippen molar-refractivity contribution < 1.29 is 4.79 Å². The van der Waals surface area contributed by atoms with Crippen LogP contribution in [0.25, 0.3) is 0 Å². The normalized spacial score (nSPS) is 24.7. The minimum atomic E-state index is -0.715. The predicted octanol–water partition coefficient (Wildman–Crippen LogP) is 3.16. The average molecular weight is 248 g/mol. The molecule has 0 unspecified atom stereocenters. The molecule has 0 aromatic carbocycles. The summed E-state index contributed by atoms with van der Waals surface area (Å²) in [6.45, 7) is 2.98. The number of nitrogens with one attached hydrogen (secondary N) is 1. The van der Waals surface area contributed by atoms with E-state index >= 15 is 0 Å². The molecule has 18 heavy (non-hydrogen) atoms. The highest BCUT2D eigenvalue weighted by Gasteiger charge is 2.42. The van der Waals surface area contributed by atoms with Crippen LogP contribution in [0.5, 0.6) is 0 Å². The topological polar surface area (TPSA) is 52.9 Å². The Morgan fingerprint density at radius 2 is 1.72 bits per heavy atom. The zero-order chi connectivity index (χ0) is 13.1. The van der Waals surface area contributed by atoms with Gasteiger partial charge in [0.05, 0.1) is 6.07 Å². The van der Waals surface area contributed by atoms with Crippen molar-refractivity contribution in [2.75, 3.05) is 6.54 Å². The number of nitriles is 1. The number of carbonyl (C=O) groups is 1. The predicted molar refractivity (Wildman–Crippen MR) is 70.7 cm³/mol. The Morgan fingerprint density at radius 1 is 1.17 bits per heavy atom. The van der Waals surface area contributed by atoms with Gasteiger partial charge in [0, 0.05) is 6.54 Å². The van der Waals surface area contributed by atoms with Crippen molar-refractivity contribution >= 4 is 5.91 Å². The van der Waals surface area contributed by atoms with Crippen LogP contribution in [-0.2, 0) is 4.79 Å². The molecule has 2 fully saturated rings. The van der Waals surface area contributed by atoms with Crippen LogP contribution in [0, 0.1) is 22.2 Å². The Bertz CT molecular complexity index is 344. The lowest BCUT2D eigenvalue weighted by molar-refractivity contribution is -0.128. The van der Waals surface area contributed by atoms with Gasteiger partial charge in [0.25, 0.3) is 0 Å². The Balaban J connectivity index is 1.93. The maximum Gasteiger partial charge on any atom is 0.240 e. The molecule has 0 spiro atoms. The maximum atomic E-state index is 12.3. The summed E-state index contributed by atoms with van der Waals surface area (Å²) in [5.41, 5.74) is -0.404. The molecular formula is C15H24N2O. The molecule has 0 aromatic heterocycles. The molecule has 0 bridgehead atoms. The second kappa shape index (κ2) is 5.30. The Labute approximate surface area is 110 Å². The van der Waals surface area contributed by atoms with Gasteiger partial charge < -0.3 is 5.32 Å². The molecule has 1 N–H and O–H groups in total. The van der Waals surface area contributed by atoms with Gasteiger partial charge >= 0.3 is 0 Å². The summed E-state index contributed by atoms with van der Waals surface area (Å²) < 4.78 is 0. The number of hydrogen-bond acceptors (Lipinski definition) is 2. The molecule has 2 rings (SSSR count). The number of rotatable bonds is 4. The molecule has 2 saturated carbocycles. The molecule has 0 saturated heterocycles. The fourth-order valence-corrected chi connectivity index (χ4v) is 3.59. The van der Waals surface area contributed by atoms with Crippen LogP contribution in [0.3, 0.4) is 0 Å². The zero-order valence-electron chi connectivity index (χ0n) is 11.4. The maximum absolute atomic E-state index is 12.3. The zero-order valence-corrected chi connectivity index (χ0v) is 11.4. The first kappa shape index (κ1) is 13.4. The van der Waals surface area contributed by atoms with Crippen molar-refractivity contribution in [2.24, 2.45) is 10.8 Å². The van der Waals surface area contributed by atoms with E-state index in [0.717, 1.165) is 38.6 Å². The molecule has 1 amide bonds. The Morgan fingerprint density at radius 3 is 2.22 bits per heavy atom. The highest BCUT2D eigenvalue weighted by molar-refractivity contribution is 5.85. The van der Waals surface area contributed by atoms with Crippen molar-refractivity contribution in [3.63, 3.8) is 0 Å². The highest BCUT2D eigenvalue weighted by Crippen LogP contribution is 2.41. The third-order valence-electron chi connectivity index (χ3n) is 5.14. The van der Waals surface area contributed by atoms with Crippen molar-refractivity contribution in [1.29, 1.82) is 5.26 Å². The molecule has 2 aliphatic rings. The SMILES string of the molecule is CCC1(CNC(=O)C2(C#N)CCCC2)CCCC1. The van der Waals surface area contributed by atoms with Gasteiger partial charge in [0.15, 0.2) is 0 Å². The second-order valence-corrected chi connectivity index (χ2v) is 6.14. The van der Waals surface area contributed by atoms with E-state index in [-0.39, 0.29) is 5.91 Å². The summed E-state index contributed by atoms with van der Waals surface area (Å²) in [6, 6.07) is 2.27. The Hall–Kier alpha value is -1.04. The number of hydrogen-bond donors (Lipinski definition) is 1. The smallest absolute Gasteiger partial charge is 0.240 e. The van der Waals surface area contributed by atoms with E-state index in [2.05, 4.69) is 18.3 Å². The van der Waals surface area contributed by atoms with Gasteiger partial charge in [-0.15, -0.1) is 0 Å². The fraction of sp³-hybridized carbons (Fsp3) is 0.867. The van der Waals surface area contributed by atoms with Crippen LogP contribution in [0.1, 0.15) is 64.7 Å². The summed E-state index contributed by atoms with van der Waals surface area (Å²) >= 11 is 0. The number of nitrogens with zero attached hydrogens (tertiary/aromatic N) is 1. The monoisotopic (exact) mass is 248 g/mol. The van der Waals surface area contributed by atoms with Gasteiger partial charge in [-0.1, -0.05) is 32.6 Å². The quantitative estimate of drug-likeness (QED) is 0.831. The van der Waals surface area contributed by atoms with E-state index in [0.29, 0.717) is 5.41 Å². The third kappa shape index (κ3) is 2.39. The standard InChI is InChI=1S/C15H24N2O/c1-2-14(7-3-4-8-14)12-17-13(18)15(11-16)9-5-6-10-15/h2-10,12H2,1H3,(H,17,18). The fourth-order valence-electron chi connectivity index (χ4n) is 3.59. The van der Waals surface area contributed by atoms with Crippen LogP contribution in [0.15, 0.2) is 0 Å². The van der Waals surface area contributed by atoms with Crippen molar-refractivity contribution in [2.45, 2.75) is 64.7 Å². The minimum Gasteiger partial charge on any atom is -0.354 e. The lowest BCUT2D eigenvalue weighted by Crippen LogP contribution is -2.43. The molecular weight excluding hydrogens is 224 g/mol. The molecule has 100 valence electrons. The summed E-state index contributed by atoms with van der Waals surface area (Å²) in [5.74, 6) is -0.0118. The molecule has 3 nitrogen and oxygen atoms in total. The summed E-state index contributed by atoms with van der Waals surface area (Å²) in [5, 5.41) is 12.4. The number of amides is 1. The lowest BCUT2D eigenvalue weighted by atomic mass is 9.82. The van der Waals surface area contributed by atoms with E-state index in [1.807, 2.05) is 0 Å². The number of carbonyl (C=O) groups excluding carboxylic acids is 1. The first-order chi connectivity index (χ1) is 8.66. The average Bonchev–Trinajstić information content (AvgIpc) is 3.06. The molecule has 0 atom stereocenters. The van der Waals surface area contributed by atoms with Gasteiger partial charge in [-0.3, -0.25) is 4.79 Å².